The van der Waals surface area contributed by atoms with Gasteiger partial charge in [0.05, 0.1) is 6.04 Å². The lowest BCUT2D eigenvalue weighted by Gasteiger charge is -2.36. The number of nitrogens with zero attached hydrogens (tertiary/aromatic N) is 1. The third kappa shape index (κ3) is 3.50. The summed E-state index contributed by atoms with van der Waals surface area (Å²) in [4.78, 5) is 4.66. The average Bonchev–Trinajstić information content (AvgIpc) is 2.48. The number of hydrogen-bond donors (Lipinski definition) is 0. The summed E-state index contributed by atoms with van der Waals surface area (Å²) < 4.78 is 5.52. The van der Waals surface area contributed by atoms with Crippen molar-refractivity contribution < 1.29 is 4.74 Å². The zero-order valence-electron chi connectivity index (χ0n) is 11.7. The molecule has 0 amide bonds. The van der Waals surface area contributed by atoms with E-state index < -0.39 is 0 Å². The van der Waals surface area contributed by atoms with E-state index in [0.29, 0.717) is 11.5 Å². The normalized spacial score (nSPS) is 21.5. The number of rotatable bonds is 5. The molecule has 1 heterocycles. The van der Waals surface area contributed by atoms with Gasteiger partial charge in [0, 0.05) is 6.92 Å². The molecule has 0 aromatic rings. The summed E-state index contributed by atoms with van der Waals surface area (Å²) in [5, 5.41) is 0. The maximum absolute atomic E-state index is 5.52. The van der Waals surface area contributed by atoms with Gasteiger partial charge < -0.3 is 4.74 Å². The van der Waals surface area contributed by atoms with Crippen molar-refractivity contribution in [2.75, 3.05) is 6.61 Å². The number of ether oxygens (including phenoxy) is 1. The summed E-state index contributed by atoms with van der Waals surface area (Å²) in [7, 11) is 0. The van der Waals surface area contributed by atoms with E-state index in [1.807, 2.05) is 6.92 Å². The lowest BCUT2D eigenvalue weighted by molar-refractivity contribution is 0.138. The minimum atomic E-state index is 0.292. The van der Waals surface area contributed by atoms with E-state index in [-0.39, 0.29) is 0 Å². The quantitative estimate of drug-likeness (QED) is 0.695. The lowest BCUT2D eigenvalue weighted by atomic mass is 9.71. The topological polar surface area (TPSA) is 21.6 Å². The van der Waals surface area contributed by atoms with Crippen LogP contribution in [0.4, 0.5) is 0 Å². The Bertz CT molecular complexity index is 245. The monoisotopic (exact) mass is 225 g/mol. The molecule has 16 heavy (non-hydrogen) atoms. The van der Waals surface area contributed by atoms with E-state index in [9.17, 15) is 0 Å². The zero-order valence-corrected chi connectivity index (χ0v) is 11.7. The van der Waals surface area contributed by atoms with Crippen LogP contribution < -0.4 is 0 Å². The Morgan fingerprint density at radius 2 is 1.75 bits per heavy atom. The fourth-order valence-corrected chi connectivity index (χ4v) is 3.07. The summed E-state index contributed by atoms with van der Waals surface area (Å²) >= 11 is 0. The predicted octanol–water partition coefficient (Wildman–Crippen LogP) is 3.90. The Kier molecular flexibility index (Phi) is 4.40. The summed E-state index contributed by atoms with van der Waals surface area (Å²) in [6.45, 7) is 14.3. The van der Waals surface area contributed by atoms with E-state index >= 15 is 0 Å². The van der Waals surface area contributed by atoms with Crippen LogP contribution in [0.2, 0.25) is 0 Å². The third-order valence-electron chi connectivity index (χ3n) is 3.34. The summed E-state index contributed by atoms with van der Waals surface area (Å²) in [5.41, 5.74) is 0.292. The van der Waals surface area contributed by atoms with Crippen LogP contribution in [0.3, 0.4) is 0 Å². The van der Waals surface area contributed by atoms with Gasteiger partial charge in [-0.15, -0.1) is 0 Å². The highest BCUT2D eigenvalue weighted by Crippen LogP contribution is 2.39. The van der Waals surface area contributed by atoms with Crippen LogP contribution in [0, 0.1) is 17.3 Å². The zero-order chi connectivity index (χ0) is 12.3. The van der Waals surface area contributed by atoms with Crippen LogP contribution in [0.1, 0.15) is 54.4 Å². The highest BCUT2D eigenvalue weighted by molar-refractivity contribution is 5.74. The van der Waals surface area contributed by atoms with E-state index in [1.54, 1.807) is 0 Å². The van der Waals surface area contributed by atoms with Gasteiger partial charge in [-0.25, -0.2) is 4.99 Å². The first kappa shape index (κ1) is 13.5. The first-order valence-electron chi connectivity index (χ1n) is 6.50. The van der Waals surface area contributed by atoms with E-state index in [2.05, 4.69) is 39.6 Å². The van der Waals surface area contributed by atoms with E-state index in [1.165, 1.54) is 12.8 Å². The summed E-state index contributed by atoms with van der Waals surface area (Å²) in [6, 6.07) is 0.359. The molecule has 94 valence electrons. The SMILES string of the molecule is CC1=NC(C(C)(CC(C)C)CC(C)C)CO1. The van der Waals surface area contributed by atoms with Crippen molar-refractivity contribution in [3.8, 4) is 0 Å². The molecule has 1 atom stereocenters. The van der Waals surface area contributed by atoms with Crippen LogP contribution in [0.5, 0.6) is 0 Å². The first-order chi connectivity index (χ1) is 7.33. The molecule has 0 fully saturated rings. The van der Waals surface area contributed by atoms with Crippen molar-refractivity contribution in [3.63, 3.8) is 0 Å². The van der Waals surface area contributed by atoms with Gasteiger partial charge in [0.15, 0.2) is 5.90 Å². The van der Waals surface area contributed by atoms with Crippen molar-refractivity contribution in [1.82, 2.24) is 0 Å². The highest BCUT2D eigenvalue weighted by atomic mass is 16.5. The molecule has 2 nitrogen and oxygen atoms in total. The molecule has 0 bridgehead atoms. The van der Waals surface area contributed by atoms with Gasteiger partial charge in [0.1, 0.15) is 6.61 Å². The third-order valence-corrected chi connectivity index (χ3v) is 3.34. The molecule has 2 heteroatoms. The molecule has 0 aromatic heterocycles. The summed E-state index contributed by atoms with van der Waals surface area (Å²) in [6.07, 6.45) is 2.46. The Morgan fingerprint density at radius 1 is 1.25 bits per heavy atom. The molecule has 1 rings (SSSR count). The maximum atomic E-state index is 5.52. The Hall–Kier alpha value is -0.530. The average molecular weight is 225 g/mol. The first-order valence-corrected chi connectivity index (χ1v) is 6.50. The predicted molar refractivity (Wildman–Crippen MR) is 69.9 cm³/mol. The van der Waals surface area contributed by atoms with Crippen molar-refractivity contribution in [1.29, 1.82) is 0 Å². The van der Waals surface area contributed by atoms with Crippen LogP contribution in [-0.2, 0) is 4.74 Å². The van der Waals surface area contributed by atoms with Gasteiger partial charge in [-0.3, -0.25) is 0 Å². The van der Waals surface area contributed by atoms with Crippen molar-refractivity contribution in [3.05, 3.63) is 0 Å². The number of hydrogen-bond acceptors (Lipinski definition) is 2. The number of aliphatic imine (C=N–C) groups is 1. The Morgan fingerprint density at radius 3 is 2.06 bits per heavy atom. The van der Waals surface area contributed by atoms with Crippen LogP contribution in [0.25, 0.3) is 0 Å². The van der Waals surface area contributed by atoms with Crippen LogP contribution in [0.15, 0.2) is 4.99 Å². The smallest absolute Gasteiger partial charge is 0.180 e. The Balaban J connectivity index is 2.77. The molecular weight excluding hydrogens is 198 g/mol. The van der Waals surface area contributed by atoms with Crippen molar-refractivity contribution in [2.24, 2.45) is 22.2 Å². The molecule has 0 aliphatic carbocycles. The molecule has 1 aliphatic rings. The fourth-order valence-electron chi connectivity index (χ4n) is 3.07. The van der Waals surface area contributed by atoms with Gasteiger partial charge >= 0.3 is 0 Å². The molecule has 0 saturated carbocycles. The second-order valence-corrected chi connectivity index (χ2v) is 6.32. The molecule has 1 aliphatic heterocycles. The van der Waals surface area contributed by atoms with Gasteiger partial charge in [-0.2, -0.15) is 0 Å². The van der Waals surface area contributed by atoms with Gasteiger partial charge in [-0.05, 0) is 30.1 Å². The lowest BCUT2D eigenvalue weighted by Crippen LogP contribution is -2.35. The minimum Gasteiger partial charge on any atom is -0.479 e. The van der Waals surface area contributed by atoms with Crippen molar-refractivity contribution in [2.45, 2.75) is 60.4 Å². The van der Waals surface area contributed by atoms with Gasteiger partial charge in [-0.1, -0.05) is 34.6 Å². The molecule has 0 spiro atoms. The molecule has 0 radical (unpaired) electrons. The van der Waals surface area contributed by atoms with Crippen LogP contribution >= 0.6 is 0 Å². The highest BCUT2D eigenvalue weighted by Gasteiger charge is 2.38. The standard InChI is InChI=1S/C14H27NO/c1-10(2)7-14(6,8-11(3)4)13-9-16-12(5)15-13/h10-11,13H,7-9H2,1-6H3. The molecule has 0 saturated heterocycles. The van der Waals surface area contributed by atoms with Crippen molar-refractivity contribution >= 4 is 5.90 Å². The largest absolute Gasteiger partial charge is 0.479 e. The van der Waals surface area contributed by atoms with E-state index in [4.69, 9.17) is 4.74 Å². The van der Waals surface area contributed by atoms with Gasteiger partial charge in [0.2, 0.25) is 0 Å². The van der Waals surface area contributed by atoms with Gasteiger partial charge in [0.25, 0.3) is 0 Å². The molecule has 1 unspecified atom stereocenters. The fraction of sp³-hybridized carbons (Fsp3) is 0.929. The molecule has 0 N–H and O–H groups in total. The summed E-state index contributed by atoms with van der Waals surface area (Å²) in [5.74, 6) is 2.31. The second kappa shape index (κ2) is 5.20. The van der Waals surface area contributed by atoms with Crippen LogP contribution in [-0.4, -0.2) is 18.5 Å². The second-order valence-electron chi connectivity index (χ2n) is 6.32. The van der Waals surface area contributed by atoms with E-state index in [0.717, 1.165) is 24.3 Å². The molecular formula is C14H27NO. The maximum Gasteiger partial charge on any atom is 0.180 e. The molecule has 0 aromatic carbocycles. The Labute approximate surface area is 100 Å². The minimum absolute atomic E-state index is 0.292.